The second-order valence-corrected chi connectivity index (χ2v) is 16.3. The summed E-state index contributed by atoms with van der Waals surface area (Å²) < 4.78 is 11.6. The zero-order chi connectivity index (χ0) is 35.7. The van der Waals surface area contributed by atoms with Crippen LogP contribution < -0.4 is 0 Å². The molecular formula is C51H33NOS. The van der Waals surface area contributed by atoms with Gasteiger partial charge in [-0.25, -0.2) is 0 Å². The van der Waals surface area contributed by atoms with Gasteiger partial charge < -0.3 is 8.98 Å². The van der Waals surface area contributed by atoms with Gasteiger partial charge in [0, 0.05) is 58.4 Å². The molecule has 1 aliphatic carbocycles. The summed E-state index contributed by atoms with van der Waals surface area (Å²) in [5.41, 5.74) is 15.5. The summed E-state index contributed by atoms with van der Waals surface area (Å²) in [5.74, 6) is 0. The Bertz CT molecular complexity index is 3360. The summed E-state index contributed by atoms with van der Waals surface area (Å²) in [4.78, 5) is 0. The van der Waals surface area contributed by atoms with Crippen LogP contribution in [-0.2, 0) is 5.41 Å². The van der Waals surface area contributed by atoms with E-state index in [0.717, 1.165) is 38.8 Å². The third kappa shape index (κ3) is 4.05. The van der Waals surface area contributed by atoms with Crippen LogP contribution in [0.2, 0.25) is 0 Å². The lowest BCUT2D eigenvalue weighted by atomic mass is 9.80. The molecule has 3 heteroatoms. The summed E-state index contributed by atoms with van der Waals surface area (Å²) in [6.45, 7) is 4.80. The van der Waals surface area contributed by atoms with Crippen molar-refractivity contribution in [3.8, 4) is 39.1 Å². The first-order chi connectivity index (χ1) is 26.5. The van der Waals surface area contributed by atoms with Gasteiger partial charge in [0.15, 0.2) is 0 Å². The first-order valence-electron chi connectivity index (χ1n) is 18.7. The largest absolute Gasteiger partial charge is 0.455 e. The first-order valence-corrected chi connectivity index (χ1v) is 19.5. The lowest BCUT2D eigenvalue weighted by Gasteiger charge is -2.22. The Morgan fingerprint density at radius 2 is 1.17 bits per heavy atom. The van der Waals surface area contributed by atoms with Crippen LogP contribution in [0, 0.1) is 0 Å². The number of rotatable bonds is 3. The monoisotopic (exact) mass is 707 g/mol. The van der Waals surface area contributed by atoms with E-state index in [2.05, 4.69) is 176 Å². The number of benzene rings is 8. The van der Waals surface area contributed by atoms with Crippen molar-refractivity contribution in [3.05, 3.63) is 175 Å². The summed E-state index contributed by atoms with van der Waals surface area (Å²) in [6.07, 6.45) is 0. The topological polar surface area (TPSA) is 18.1 Å². The molecule has 0 radical (unpaired) electrons. The number of furan rings is 1. The summed E-state index contributed by atoms with van der Waals surface area (Å²) in [6, 6.07) is 60.2. The molecule has 0 atom stereocenters. The standard InChI is InChI=1S/C51H33NOS/c1-51(2)42-23-19-30(27-39(42)36-22-26-47-48(49(36)51)38-14-7-9-18-46(38)54-47)31-20-24-43-40(28-31)41-29-32(21-25-44(41)52(43)33-11-4-3-5-12-33)34-15-10-16-37-35-13-6-8-17-45(35)53-50(34)37/h3-29H,1-2H3. The van der Waals surface area contributed by atoms with Crippen LogP contribution in [0.3, 0.4) is 0 Å². The van der Waals surface area contributed by atoms with Gasteiger partial charge in [-0.1, -0.05) is 117 Å². The third-order valence-corrected chi connectivity index (χ3v) is 13.1. The molecule has 0 aliphatic heterocycles. The minimum Gasteiger partial charge on any atom is -0.455 e. The quantitative estimate of drug-likeness (QED) is 0.179. The van der Waals surface area contributed by atoms with E-state index >= 15 is 0 Å². The van der Waals surface area contributed by atoms with Gasteiger partial charge in [0.05, 0.1) is 11.0 Å². The van der Waals surface area contributed by atoms with E-state index in [4.69, 9.17) is 4.42 Å². The Hall–Kier alpha value is -6.42. The van der Waals surface area contributed by atoms with Crippen molar-refractivity contribution in [2.24, 2.45) is 0 Å². The van der Waals surface area contributed by atoms with E-state index in [1.165, 1.54) is 75.4 Å². The fraction of sp³-hybridized carbons (Fsp3) is 0.0588. The maximum Gasteiger partial charge on any atom is 0.143 e. The minimum atomic E-state index is -0.0985. The number of para-hydroxylation sites is 3. The summed E-state index contributed by atoms with van der Waals surface area (Å²) >= 11 is 1.90. The van der Waals surface area contributed by atoms with Crippen LogP contribution in [0.15, 0.2) is 168 Å². The van der Waals surface area contributed by atoms with Crippen molar-refractivity contribution < 1.29 is 4.42 Å². The van der Waals surface area contributed by atoms with Crippen molar-refractivity contribution in [3.63, 3.8) is 0 Å². The molecule has 0 N–H and O–H groups in total. The maximum atomic E-state index is 6.50. The first kappa shape index (κ1) is 30.1. The molecule has 0 unspecified atom stereocenters. The minimum absolute atomic E-state index is 0.0985. The third-order valence-electron chi connectivity index (χ3n) is 12.0. The zero-order valence-electron chi connectivity index (χ0n) is 29.9. The second kappa shape index (κ2) is 10.8. The van der Waals surface area contributed by atoms with Crippen molar-refractivity contribution in [1.82, 2.24) is 4.57 Å². The Balaban J connectivity index is 1.07. The zero-order valence-corrected chi connectivity index (χ0v) is 30.7. The van der Waals surface area contributed by atoms with Crippen molar-refractivity contribution in [2.45, 2.75) is 19.3 Å². The number of aromatic nitrogens is 1. The fourth-order valence-electron chi connectivity index (χ4n) is 9.52. The van der Waals surface area contributed by atoms with Gasteiger partial charge >= 0.3 is 0 Å². The Labute approximate surface area is 316 Å². The van der Waals surface area contributed by atoms with Gasteiger partial charge in [-0.3, -0.25) is 0 Å². The lowest BCUT2D eigenvalue weighted by molar-refractivity contribution is 0.667. The highest BCUT2D eigenvalue weighted by Gasteiger charge is 2.38. The molecule has 0 spiro atoms. The molecule has 0 saturated heterocycles. The molecule has 1 aliphatic rings. The highest BCUT2D eigenvalue weighted by atomic mass is 32.1. The Morgan fingerprint density at radius 1 is 0.481 bits per heavy atom. The molecule has 2 nitrogen and oxygen atoms in total. The van der Waals surface area contributed by atoms with E-state index < -0.39 is 0 Å². The van der Waals surface area contributed by atoms with E-state index in [9.17, 15) is 0 Å². The Morgan fingerprint density at radius 3 is 2.02 bits per heavy atom. The molecule has 11 aromatic rings. The molecule has 0 bridgehead atoms. The van der Waals surface area contributed by atoms with E-state index in [0.29, 0.717) is 0 Å². The van der Waals surface area contributed by atoms with Gasteiger partial charge in [0.2, 0.25) is 0 Å². The molecule has 54 heavy (non-hydrogen) atoms. The normalized spacial score (nSPS) is 13.5. The van der Waals surface area contributed by atoms with Gasteiger partial charge in [-0.15, -0.1) is 11.3 Å². The molecule has 8 aromatic carbocycles. The molecule has 254 valence electrons. The molecular weight excluding hydrogens is 675 g/mol. The maximum absolute atomic E-state index is 6.50. The van der Waals surface area contributed by atoms with Crippen LogP contribution >= 0.6 is 11.3 Å². The number of thiophene rings is 1. The second-order valence-electron chi connectivity index (χ2n) is 15.3. The van der Waals surface area contributed by atoms with Crippen LogP contribution in [0.5, 0.6) is 0 Å². The summed E-state index contributed by atoms with van der Waals surface area (Å²) in [5, 5.41) is 7.53. The highest BCUT2D eigenvalue weighted by molar-refractivity contribution is 7.25. The molecule has 3 aromatic heterocycles. The number of fused-ring (bicyclic) bond motifs is 13. The van der Waals surface area contributed by atoms with E-state index in [1.54, 1.807) is 0 Å². The average molecular weight is 708 g/mol. The summed E-state index contributed by atoms with van der Waals surface area (Å²) in [7, 11) is 0. The molecule has 0 saturated carbocycles. The Kier molecular flexibility index (Phi) is 6.03. The van der Waals surface area contributed by atoms with Crippen molar-refractivity contribution in [1.29, 1.82) is 0 Å². The predicted molar refractivity (Wildman–Crippen MR) is 229 cm³/mol. The van der Waals surface area contributed by atoms with Crippen molar-refractivity contribution >= 4 is 75.3 Å². The van der Waals surface area contributed by atoms with Gasteiger partial charge in [0.25, 0.3) is 0 Å². The molecule has 3 heterocycles. The predicted octanol–water partition coefficient (Wildman–Crippen LogP) is 14.7. The van der Waals surface area contributed by atoms with Crippen LogP contribution in [0.25, 0.3) is 103 Å². The van der Waals surface area contributed by atoms with Gasteiger partial charge in [-0.05, 0) is 99.6 Å². The molecule has 0 fully saturated rings. The van der Waals surface area contributed by atoms with E-state index in [-0.39, 0.29) is 5.41 Å². The smallest absolute Gasteiger partial charge is 0.143 e. The van der Waals surface area contributed by atoms with Crippen LogP contribution in [-0.4, -0.2) is 4.57 Å². The molecule has 0 amide bonds. The number of hydrogen-bond acceptors (Lipinski definition) is 2. The number of nitrogens with zero attached hydrogens (tertiary/aromatic N) is 1. The lowest BCUT2D eigenvalue weighted by Crippen LogP contribution is -2.15. The average Bonchev–Trinajstić information content (AvgIpc) is 3.94. The van der Waals surface area contributed by atoms with Crippen molar-refractivity contribution in [2.75, 3.05) is 0 Å². The number of hydrogen-bond donors (Lipinski definition) is 0. The van der Waals surface area contributed by atoms with Gasteiger partial charge in [-0.2, -0.15) is 0 Å². The van der Waals surface area contributed by atoms with Crippen LogP contribution in [0.4, 0.5) is 0 Å². The van der Waals surface area contributed by atoms with E-state index in [1.807, 2.05) is 17.4 Å². The van der Waals surface area contributed by atoms with Gasteiger partial charge in [0.1, 0.15) is 11.2 Å². The molecule has 12 rings (SSSR count). The SMILES string of the molecule is CC1(C)c2ccc(-c3ccc4c(c3)c3cc(-c5cccc6c5oc5ccccc56)ccc3n4-c3ccccc3)cc2-c2ccc3sc4ccccc4c3c21. The van der Waals surface area contributed by atoms with Crippen LogP contribution in [0.1, 0.15) is 25.0 Å². The highest BCUT2D eigenvalue weighted by Crippen LogP contribution is 2.54. The fourth-order valence-corrected chi connectivity index (χ4v) is 10.6.